The first-order valence-corrected chi connectivity index (χ1v) is 8.46. The van der Waals surface area contributed by atoms with Crippen molar-refractivity contribution < 1.29 is 9.53 Å². The third-order valence-corrected chi connectivity index (χ3v) is 4.66. The summed E-state index contributed by atoms with van der Waals surface area (Å²) in [6.45, 7) is 7.72. The molecule has 24 heavy (non-hydrogen) atoms. The van der Waals surface area contributed by atoms with E-state index in [0.29, 0.717) is 25.5 Å². The Morgan fingerprint density at radius 2 is 2.25 bits per heavy atom. The lowest BCUT2D eigenvalue weighted by Crippen LogP contribution is -2.44. The molecule has 1 aliphatic heterocycles. The summed E-state index contributed by atoms with van der Waals surface area (Å²) in [7, 11) is 1.92. The van der Waals surface area contributed by atoms with Gasteiger partial charge in [-0.1, -0.05) is 13.3 Å². The van der Waals surface area contributed by atoms with E-state index in [1.807, 2.05) is 36.5 Å². The number of ether oxygens (including phenoxy) is 1. The van der Waals surface area contributed by atoms with Crippen LogP contribution in [0.2, 0.25) is 0 Å². The second-order valence-corrected chi connectivity index (χ2v) is 6.33. The number of carbonyl (C=O) groups excluding carboxylic acids is 1. The average molecular weight is 331 g/mol. The number of aromatic nitrogens is 4. The number of rotatable bonds is 4. The van der Waals surface area contributed by atoms with Gasteiger partial charge < -0.3 is 9.64 Å². The number of aromatic amines is 1. The van der Waals surface area contributed by atoms with Crippen molar-refractivity contribution in [3.05, 3.63) is 34.4 Å². The summed E-state index contributed by atoms with van der Waals surface area (Å²) in [5, 5.41) is 11.7. The van der Waals surface area contributed by atoms with Crippen molar-refractivity contribution in [3.63, 3.8) is 0 Å². The van der Waals surface area contributed by atoms with E-state index in [0.717, 1.165) is 35.5 Å². The molecule has 0 aromatic carbocycles. The Labute approximate surface area is 142 Å². The molecule has 7 heteroatoms. The first-order chi connectivity index (χ1) is 11.5. The Balaban J connectivity index is 1.90. The van der Waals surface area contributed by atoms with E-state index in [1.165, 1.54) is 0 Å². The Kier molecular flexibility index (Phi) is 4.71. The predicted molar refractivity (Wildman–Crippen MR) is 89.9 cm³/mol. The molecule has 2 aromatic heterocycles. The number of morpholine rings is 1. The molecule has 0 spiro atoms. The summed E-state index contributed by atoms with van der Waals surface area (Å²) in [6.07, 6.45) is 1.91. The second-order valence-electron chi connectivity index (χ2n) is 6.33. The van der Waals surface area contributed by atoms with Gasteiger partial charge in [0.15, 0.2) is 0 Å². The van der Waals surface area contributed by atoms with Crippen LogP contribution < -0.4 is 0 Å². The highest BCUT2D eigenvalue weighted by molar-refractivity contribution is 5.92. The SMILES string of the molecule is CCCc1cc(C(=O)N2CCOC[C@H]2c2c(C)nn(C)c2C)n[nH]1. The van der Waals surface area contributed by atoms with Crippen LogP contribution in [0.4, 0.5) is 0 Å². The number of aryl methyl sites for hydroxylation is 3. The number of nitrogens with zero attached hydrogens (tertiary/aromatic N) is 4. The molecule has 2 aromatic rings. The van der Waals surface area contributed by atoms with Crippen molar-refractivity contribution in [1.29, 1.82) is 0 Å². The van der Waals surface area contributed by atoms with Gasteiger partial charge in [-0.15, -0.1) is 0 Å². The van der Waals surface area contributed by atoms with Gasteiger partial charge in [0.05, 0.1) is 24.9 Å². The molecule has 3 heterocycles. The summed E-state index contributed by atoms with van der Waals surface area (Å²) < 4.78 is 7.51. The third-order valence-electron chi connectivity index (χ3n) is 4.66. The van der Waals surface area contributed by atoms with E-state index < -0.39 is 0 Å². The summed E-state index contributed by atoms with van der Waals surface area (Å²) >= 11 is 0. The first-order valence-electron chi connectivity index (χ1n) is 8.46. The van der Waals surface area contributed by atoms with Crippen LogP contribution in [-0.2, 0) is 18.2 Å². The van der Waals surface area contributed by atoms with Crippen LogP contribution in [0.25, 0.3) is 0 Å². The number of hydrogen-bond donors (Lipinski definition) is 1. The topological polar surface area (TPSA) is 76.0 Å². The van der Waals surface area contributed by atoms with Crippen molar-refractivity contribution in [2.75, 3.05) is 19.8 Å². The molecule has 1 atom stereocenters. The predicted octanol–water partition coefficient (Wildman–Crippen LogP) is 1.93. The molecule has 1 aliphatic rings. The minimum atomic E-state index is -0.119. The second kappa shape index (κ2) is 6.76. The van der Waals surface area contributed by atoms with Crippen LogP contribution in [0, 0.1) is 13.8 Å². The average Bonchev–Trinajstić information content (AvgIpc) is 3.12. The molecule has 1 amide bonds. The van der Waals surface area contributed by atoms with Crippen LogP contribution >= 0.6 is 0 Å². The molecule has 1 saturated heterocycles. The zero-order valence-electron chi connectivity index (χ0n) is 14.8. The largest absolute Gasteiger partial charge is 0.377 e. The minimum Gasteiger partial charge on any atom is -0.377 e. The molecular weight excluding hydrogens is 306 g/mol. The number of amides is 1. The minimum absolute atomic E-state index is 0.0513. The summed E-state index contributed by atoms with van der Waals surface area (Å²) in [6, 6.07) is 1.74. The maximum Gasteiger partial charge on any atom is 0.275 e. The fourth-order valence-corrected chi connectivity index (χ4v) is 3.37. The lowest BCUT2D eigenvalue weighted by molar-refractivity contribution is -0.00336. The van der Waals surface area contributed by atoms with E-state index in [1.54, 1.807) is 0 Å². The van der Waals surface area contributed by atoms with E-state index in [2.05, 4.69) is 22.2 Å². The zero-order chi connectivity index (χ0) is 17.3. The number of carbonyl (C=O) groups is 1. The highest BCUT2D eigenvalue weighted by Gasteiger charge is 2.33. The smallest absolute Gasteiger partial charge is 0.275 e. The molecule has 1 N–H and O–H groups in total. The monoisotopic (exact) mass is 331 g/mol. The van der Waals surface area contributed by atoms with Gasteiger partial charge in [-0.2, -0.15) is 10.2 Å². The summed E-state index contributed by atoms with van der Waals surface area (Å²) in [5.74, 6) is -0.0513. The Hall–Kier alpha value is -2.15. The molecule has 0 saturated carbocycles. The van der Waals surface area contributed by atoms with Crippen molar-refractivity contribution in [3.8, 4) is 0 Å². The Bertz CT molecular complexity index is 733. The lowest BCUT2D eigenvalue weighted by Gasteiger charge is -2.35. The van der Waals surface area contributed by atoms with Gasteiger partial charge in [0.2, 0.25) is 0 Å². The molecule has 7 nitrogen and oxygen atoms in total. The van der Waals surface area contributed by atoms with Crippen molar-refractivity contribution in [2.45, 2.75) is 39.7 Å². The third kappa shape index (κ3) is 2.96. The van der Waals surface area contributed by atoms with E-state index in [-0.39, 0.29) is 11.9 Å². The van der Waals surface area contributed by atoms with Crippen LogP contribution in [-0.4, -0.2) is 50.5 Å². The number of H-pyrrole nitrogens is 1. The van der Waals surface area contributed by atoms with E-state index in [9.17, 15) is 4.79 Å². The maximum absolute atomic E-state index is 13.0. The van der Waals surface area contributed by atoms with Crippen molar-refractivity contribution in [1.82, 2.24) is 24.9 Å². The Morgan fingerprint density at radius 3 is 2.92 bits per heavy atom. The first kappa shape index (κ1) is 16.7. The molecule has 0 radical (unpaired) electrons. The number of hydrogen-bond acceptors (Lipinski definition) is 4. The zero-order valence-corrected chi connectivity index (χ0v) is 14.8. The van der Waals surface area contributed by atoms with Crippen molar-refractivity contribution in [2.24, 2.45) is 7.05 Å². The van der Waals surface area contributed by atoms with Gasteiger partial charge in [0.1, 0.15) is 5.69 Å². The molecule has 130 valence electrons. The van der Waals surface area contributed by atoms with Crippen LogP contribution in [0.5, 0.6) is 0 Å². The maximum atomic E-state index is 13.0. The molecular formula is C17H25N5O2. The summed E-state index contributed by atoms with van der Waals surface area (Å²) in [5.41, 5.74) is 4.56. The fraction of sp³-hybridized carbons (Fsp3) is 0.588. The molecule has 0 unspecified atom stereocenters. The van der Waals surface area contributed by atoms with Gasteiger partial charge >= 0.3 is 0 Å². The fourth-order valence-electron chi connectivity index (χ4n) is 3.37. The van der Waals surface area contributed by atoms with E-state index in [4.69, 9.17) is 4.74 Å². The number of nitrogens with one attached hydrogen (secondary N) is 1. The standard InChI is InChI=1S/C17H25N5O2/c1-5-6-13-9-14(19-18-13)17(23)22-7-8-24-10-15(22)16-11(2)20-21(4)12(16)3/h9,15H,5-8,10H2,1-4H3,(H,18,19)/t15-/m0/s1. The molecule has 1 fully saturated rings. The normalized spacial score (nSPS) is 18.2. The molecule has 0 bridgehead atoms. The van der Waals surface area contributed by atoms with Gasteiger partial charge in [-0.25, -0.2) is 0 Å². The summed E-state index contributed by atoms with van der Waals surface area (Å²) in [4.78, 5) is 14.9. The molecule has 0 aliphatic carbocycles. The van der Waals surface area contributed by atoms with Gasteiger partial charge in [-0.05, 0) is 26.3 Å². The highest BCUT2D eigenvalue weighted by atomic mass is 16.5. The van der Waals surface area contributed by atoms with Gasteiger partial charge in [0, 0.05) is 30.5 Å². The Morgan fingerprint density at radius 1 is 1.46 bits per heavy atom. The van der Waals surface area contributed by atoms with Crippen LogP contribution in [0.1, 0.15) is 52.5 Å². The van der Waals surface area contributed by atoms with Gasteiger partial charge in [-0.3, -0.25) is 14.6 Å². The highest BCUT2D eigenvalue weighted by Crippen LogP contribution is 2.30. The van der Waals surface area contributed by atoms with Crippen molar-refractivity contribution >= 4 is 5.91 Å². The van der Waals surface area contributed by atoms with Gasteiger partial charge in [0.25, 0.3) is 5.91 Å². The van der Waals surface area contributed by atoms with E-state index >= 15 is 0 Å². The quantitative estimate of drug-likeness (QED) is 0.929. The van der Waals surface area contributed by atoms with Crippen LogP contribution in [0.3, 0.4) is 0 Å². The molecule has 3 rings (SSSR count). The van der Waals surface area contributed by atoms with Crippen LogP contribution in [0.15, 0.2) is 6.07 Å². The lowest BCUT2D eigenvalue weighted by atomic mass is 10.0.